The molecule has 0 bridgehead atoms. The van der Waals surface area contributed by atoms with Gasteiger partial charge in [0.25, 0.3) is 0 Å². The van der Waals surface area contributed by atoms with Crippen LogP contribution in [-0.2, 0) is 19.2 Å². The largest absolute Gasteiger partial charge is 0.503 e. The highest BCUT2D eigenvalue weighted by molar-refractivity contribution is 9.10. The van der Waals surface area contributed by atoms with Crippen LogP contribution in [0.1, 0.15) is 45.1 Å². The molecule has 2 fully saturated rings. The quantitative estimate of drug-likeness (QED) is 0.449. The number of benzene rings is 1. The smallest absolute Gasteiger partial charge is 0.231 e. The number of nitrogens with one attached hydrogen (secondary N) is 1. The molecular formula is C26H26BrNO6. The van der Waals surface area contributed by atoms with Gasteiger partial charge in [-0.3, -0.25) is 24.5 Å². The van der Waals surface area contributed by atoms with Gasteiger partial charge < -0.3 is 9.84 Å². The summed E-state index contributed by atoms with van der Waals surface area (Å²) in [6.07, 6.45) is 2.73. The maximum Gasteiger partial charge on any atom is 0.231 e. The Morgan fingerprint density at radius 3 is 2.47 bits per heavy atom. The maximum absolute atomic E-state index is 13.9. The van der Waals surface area contributed by atoms with Gasteiger partial charge in [0.05, 0.1) is 28.8 Å². The van der Waals surface area contributed by atoms with Crippen LogP contribution in [0.4, 0.5) is 0 Å². The average molecular weight is 528 g/mol. The van der Waals surface area contributed by atoms with E-state index in [1.807, 2.05) is 13.0 Å². The predicted octanol–water partition coefficient (Wildman–Crippen LogP) is 3.60. The van der Waals surface area contributed by atoms with Crippen molar-refractivity contribution in [2.75, 3.05) is 7.11 Å². The Labute approximate surface area is 205 Å². The third kappa shape index (κ3) is 2.87. The second-order valence-corrected chi connectivity index (χ2v) is 10.9. The Hall–Kier alpha value is -2.74. The summed E-state index contributed by atoms with van der Waals surface area (Å²) >= 11 is 3.39. The molecule has 2 amide bonds. The molecule has 34 heavy (non-hydrogen) atoms. The minimum absolute atomic E-state index is 0.0586. The zero-order valence-corrected chi connectivity index (χ0v) is 21.0. The van der Waals surface area contributed by atoms with Crippen LogP contribution >= 0.6 is 15.9 Å². The van der Waals surface area contributed by atoms with Crippen molar-refractivity contribution in [2.24, 2.45) is 29.1 Å². The molecule has 1 aromatic carbocycles. The lowest BCUT2D eigenvalue weighted by molar-refractivity contribution is -0.142. The van der Waals surface area contributed by atoms with Crippen LogP contribution in [-0.4, -0.2) is 35.6 Å². The molecule has 1 heterocycles. The number of ketones is 2. The third-order valence-corrected chi connectivity index (χ3v) is 9.22. The molecule has 1 aromatic rings. The van der Waals surface area contributed by atoms with E-state index in [0.29, 0.717) is 34.0 Å². The van der Waals surface area contributed by atoms with Gasteiger partial charge in [-0.2, -0.15) is 0 Å². The minimum atomic E-state index is -1.07. The van der Waals surface area contributed by atoms with Crippen LogP contribution in [0.2, 0.25) is 0 Å². The lowest BCUT2D eigenvalue weighted by Gasteiger charge is -2.54. The molecular weight excluding hydrogens is 502 g/mol. The molecule has 1 saturated heterocycles. The number of ether oxygens (including phenoxy) is 1. The second kappa shape index (κ2) is 7.63. The summed E-state index contributed by atoms with van der Waals surface area (Å²) in [4.78, 5) is 52.7. The minimum Gasteiger partial charge on any atom is -0.503 e. The van der Waals surface area contributed by atoms with Gasteiger partial charge in [-0.15, -0.1) is 0 Å². The van der Waals surface area contributed by atoms with Crippen LogP contribution in [0.15, 0.2) is 39.4 Å². The number of fused-ring (bicyclic) bond motifs is 4. The van der Waals surface area contributed by atoms with Crippen molar-refractivity contribution in [3.8, 4) is 11.5 Å². The van der Waals surface area contributed by atoms with Crippen LogP contribution in [0.25, 0.3) is 0 Å². The number of allylic oxidation sites excluding steroid dienone is 4. The Balaban J connectivity index is 1.77. The van der Waals surface area contributed by atoms with Crippen molar-refractivity contribution >= 4 is 39.3 Å². The summed E-state index contributed by atoms with van der Waals surface area (Å²) < 4.78 is 5.79. The molecule has 7 nitrogen and oxygen atoms in total. The van der Waals surface area contributed by atoms with Gasteiger partial charge in [0.2, 0.25) is 11.8 Å². The molecule has 1 saturated carbocycles. The van der Waals surface area contributed by atoms with E-state index in [1.165, 1.54) is 7.11 Å². The van der Waals surface area contributed by atoms with Gasteiger partial charge in [-0.1, -0.05) is 18.6 Å². The number of Topliss-reactive ketones (excluding diaryl/α,β-unsaturated/α-hetero) is 2. The number of phenolic OH excluding ortho intramolecular Hbond substituents is 1. The Morgan fingerprint density at radius 1 is 1.09 bits per heavy atom. The van der Waals surface area contributed by atoms with E-state index >= 15 is 0 Å². The number of halogens is 1. The number of hydrogen-bond donors (Lipinski definition) is 2. The highest BCUT2D eigenvalue weighted by Crippen LogP contribution is 2.63. The van der Waals surface area contributed by atoms with Crippen molar-refractivity contribution in [1.29, 1.82) is 0 Å². The molecule has 0 aromatic heterocycles. The molecule has 4 aliphatic rings. The fourth-order valence-electron chi connectivity index (χ4n) is 6.79. The third-order valence-electron chi connectivity index (χ3n) is 8.62. The molecule has 8 heteroatoms. The molecule has 0 unspecified atom stereocenters. The van der Waals surface area contributed by atoms with E-state index in [2.05, 4.69) is 21.2 Å². The van der Waals surface area contributed by atoms with E-state index in [9.17, 15) is 24.3 Å². The topological polar surface area (TPSA) is 110 Å². The fraction of sp³-hybridized carbons (Fsp3) is 0.462. The van der Waals surface area contributed by atoms with Crippen molar-refractivity contribution in [1.82, 2.24) is 5.32 Å². The Morgan fingerprint density at radius 2 is 1.79 bits per heavy atom. The molecule has 3 aliphatic carbocycles. The number of imide groups is 1. The zero-order valence-electron chi connectivity index (χ0n) is 19.4. The summed E-state index contributed by atoms with van der Waals surface area (Å²) in [7, 11) is 1.45. The average Bonchev–Trinajstić information content (AvgIpc) is 3.11. The van der Waals surface area contributed by atoms with E-state index in [-0.39, 0.29) is 40.8 Å². The van der Waals surface area contributed by atoms with Crippen LogP contribution in [0.5, 0.6) is 11.5 Å². The molecule has 0 radical (unpaired) electrons. The molecule has 6 atom stereocenters. The van der Waals surface area contributed by atoms with Gasteiger partial charge >= 0.3 is 0 Å². The van der Waals surface area contributed by atoms with Crippen LogP contribution < -0.4 is 10.1 Å². The van der Waals surface area contributed by atoms with E-state index in [4.69, 9.17) is 4.74 Å². The van der Waals surface area contributed by atoms with Crippen molar-refractivity contribution < 1.29 is 29.0 Å². The number of phenols is 1. The predicted molar refractivity (Wildman–Crippen MR) is 126 cm³/mol. The van der Waals surface area contributed by atoms with Gasteiger partial charge in [-0.05, 0) is 77.4 Å². The molecule has 2 N–H and O–H groups in total. The molecule has 5 rings (SSSR count). The van der Waals surface area contributed by atoms with Gasteiger partial charge in [0.1, 0.15) is 0 Å². The molecule has 0 spiro atoms. The zero-order chi connectivity index (χ0) is 24.7. The van der Waals surface area contributed by atoms with Crippen LogP contribution in [0, 0.1) is 29.1 Å². The Kier molecular flexibility index (Phi) is 5.17. The van der Waals surface area contributed by atoms with Gasteiger partial charge in [0, 0.05) is 11.8 Å². The summed E-state index contributed by atoms with van der Waals surface area (Å²) in [6.45, 7) is 5.22. The molecule has 178 valence electrons. The number of rotatable bonds is 2. The van der Waals surface area contributed by atoms with Crippen LogP contribution in [0.3, 0.4) is 0 Å². The van der Waals surface area contributed by atoms with Crippen molar-refractivity contribution in [2.45, 2.75) is 39.5 Å². The second-order valence-electron chi connectivity index (χ2n) is 10.0. The lowest BCUT2D eigenvalue weighted by Crippen LogP contribution is -2.55. The van der Waals surface area contributed by atoms with Crippen molar-refractivity contribution in [3.63, 3.8) is 0 Å². The van der Waals surface area contributed by atoms with E-state index in [1.54, 1.807) is 26.0 Å². The number of carbonyl (C=O) groups is 4. The first-order valence-corrected chi connectivity index (χ1v) is 12.2. The number of hydrogen-bond acceptors (Lipinski definition) is 6. The fourth-order valence-corrected chi connectivity index (χ4v) is 7.25. The monoisotopic (exact) mass is 527 g/mol. The number of carbonyl (C=O) groups excluding carboxylic acids is 4. The number of methoxy groups -OCH3 is 1. The summed E-state index contributed by atoms with van der Waals surface area (Å²) in [6, 6.07) is 3.44. The first kappa shape index (κ1) is 23.0. The number of aromatic hydroxyl groups is 1. The first-order valence-electron chi connectivity index (χ1n) is 11.4. The SMILES string of the molecule is COc1cc([C@H]2C3=CC[C@@H]4C(=O)NC(=O)[C@@H]4[C@@H]3C[C@H]3C(=O)C(C)=C(C)C(=O)[C@@]23C)cc(Br)c1O. The maximum atomic E-state index is 13.9. The normalized spacial score (nSPS) is 34.9. The van der Waals surface area contributed by atoms with E-state index in [0.717, 1.165) is 5.57 Å². The Bertz CT molecular complexity index is 1250. The van der Waals surface area contributed by atoms with Gasteiger partial charge in [0.15, 0.2) is 23.1 Å². The molecule has 1 aliphatic heterocycles. The standard InChI is InChI=1S/C26H26BrNO6/c1-10-11(2)23(31)26(3)16(21(10)29)9-15-13(5-6-14-19(15)25(33)28-24(14)32)20(26)12-7-17(27)22(30)18(8-12)34-4/h5,7-8,14-16,19-20,30H,6,9H2,1-4H3,(H,28,32,33)/t14-,15+,16-,19-,20-,26+/m0/s1. The number of amides is 2. The highest BCUT2D eigenvalue weighted by Gasteiger charge is 2.63. The van der Waals surface area contributed by atoms with Gasteiger partial charge in [-0.25, -0.2) is 0 Å². The summed E-state index contributed by atoms with van der Waals surface area (Å²) in [5.41, 5.74) is 1.46. The lowest BCUT2D eigenvalue weighted by atomic mass is 9.46. The summed E-state index contributed by atoms with van der Waals surface area (Å²) in [5.74, 6) is -3.08. The van der Waals surface area contributed by atoms with E-state index < -0.39 is 29.1 Å². The highest BCUT2D eigenvalue weighted by atomic mass is 79.9. The first-order chi connectivity index (χ1) is 16.0. The summed E-state index contributed by atoms with van der Waals surface area (Å²) in [5, 5.41) is 12.9. The van der Waals surface area contributed by atoms with Crippen molar-refractivity contribution in [3.05, 3.63) is 45.0 Å².